The van der Waals surface area contributed by atoms with Gasteiger partial charge >= 0.3 is 0 Å². The van der Waals surface area contributed by atoms with Crippen LogP contribution < -0.4 is 5.73 Å². The van der Waals surface area contributed by atoms with Gasteiger partial charge in [0.2, 0.25) is 0 Å². The maximum absolute atomic E-state index is 12.5. The largest absolute Gasteiger partial charge is 0.373 e. The van der Waals surface area contributed by atoms with E-state index in [9.17, 15) is 4.79 Å². The Balaban J connectivity index is 0.00000147. The van der Waals surface area contributed by atoms with Gasteiger partial charge < -0.3 is 15.4 Å². The SMILES string of the molecule is Cl.NCC1CN(C(=O)c2cnn3ccccc23)CCO1. The van der Waals surface area contributed by atoms with Crippen LogP contribution in [0.3, 0.4) is 0 Å². The highest BCUT2D eigenvalue weighted by Crippen LogP contribution is 2.15. The number of nitrogens with two attached hydrogens (primary N) is 1. The highest BCUT2D eigenvalue weighted by Gasteiger charge is 2.25. The average molecular weight is 297 g/mol. The molecule has 0 bridgehead atoms. The zero-order valence-corrected chi connectivity index (χ0v) is 11.8. The molecule has 0 spiro atoms. The molecule has 1 aliphatic heterocycles. The number of carbonyl (C=O) groups is 1. The molecule has 0 radical (unpaired) electrons. The quantitative estimate of drug-likeness (QED) is 0.879. The number of fused-ring (bicyclic) bond motifs is 1. The molecule has 1 fully saturated rings. The second kappa shape index (κ2) is 6.21. The predicted octanol–water partition coefficient (Wildman–Crippen LogP) is 0.556. The molecule has 0 aliphatic carbocycles. The number of morpholine rings is 1. The average Bonchev–Trinajstić information content (AvgIpc) is 2.90. The molecular formula is C13H17ClN4O2. The molecule has 1 unspecified atom stereocenters. The van der Waals surface area contributed by atoms with Gasteiger partial charge in [-0.05, 0) is 12.1 Å². The summed E-state index contributed by atoms with van der Waals surface area (Å²) >= 11 is 0. The molecule has 0 saturated carbocycles. The van der Waals surface area contributed by atoms with Crippen LogP contribution in [-0.4, -0.2) is 52.8 Å². The van der Waals surface area contributed by atoms with E-state index in [1.54, 1.807) is 15.6 Å². The Morgan fingerprint density at radius 1 is 1.50 bits per heavy atom. The third kappa shape index (κ3) is 2.63. The first-order chi connectivity index (χ1) is 9.29. The lowest BCUT2D eigenvalue weighted by atomic mass is 10.2. The zero-order chi connectivity index (χ0) is 13.2. The number of rotatable bonds is 2. The van der Waals surface area contributed by atoms with E-state index in [0.717, 1.165) is 5.52 Å². The molecule has 6 nitrogen and oxygen atoms in total. The Morgan fingerprint density at radius 3 is 3.15 bits per heavy atom. The Labute approximate surface area is 122 Å². The van der Waals surface area contributed by atoms with Crippen LogP contribution in [-0.2, 0) is 4.74 Å². The zero-order valence-electron chi connectivity index (χ0n) is 10.9. The summed E-state index contributed by atoms with van der Waals surface area (Å²) in [7, 11) is 0. The molecule has 1 amide bonds. The summed E-state index contributed by atoms with van der Waals surface area (Å²) in [6.07, 6.45) is 3.37. The van der Waals surface area contributed by atoms with E-state index >= 15 is 0 Å². The van der Waals surface area contributed by atoms with Crippen molar-refractivity contribution in [2.45, 2.75) is 6.10 Å². The highest BCUT2D eigenvalue weighted by molar-refractivity contribution is 6.00. The van der Waals surface area contributed by atoms with Gasteiger partial charge in [0, 0.05) is 25.8 Å². The summed E-state index contributed by atoms with van der Waals surface area (Å²) in [5.74, 6) is -0.0112. The van der Waals surface area contributed by atoms with Crippen LogP contribution in [0, 0.1) is 0 Å². The second-order valence-electron chi connectivity index (χ2n) is 4.57. The molecule has 2 N–H and O–H groups in total. The van der Waals surface area contributed by atoms with Gasteiger partial charge in [-0.1, -0.05) is 6.07 Å². The van der Waals surface area contributed by atoms with Crippen LogP contribution in [0.4, 0.5) is 0 Å². The number of pyridine rings is 1. The maximum Gasteiger partial charge on any atom is 0.257 e. The Kier molecular flexibility index (Phi) is 4.59. The molecule has 7 heteroatoms. The summed E-state index contributed by atoms with van der Waals surface area (Å²) in [6, 6.07) is 5.67. The third-order valence-electron chi connectivity index (χ3n) is 3.35. The van der Waals surface area contributed by atoms with E-state index in [-0.39, 0.29) is 24.4 Å². The lowest BCUT2D eigenvalue weighted by Crippen LogP contribution is -2.48. The fourth-order valence-electron chi connectivity index (χ4n) is 2.32. The van der Waals surface area contributed by atoms with Gasteiger partial charge in [0.25, 0.3) is 5.91 Å². The van der Waals surface area contributed by atoms with E-state index in [1.165, 1.54) is 0 Å². The van der Waals surface area contributed by atoms with E-state index in [0.29, 0.717) is 31.8 Å². The summed E-state index contributed by atoms with van der Waals surface area (Å²) in [5.41, 5.74) is 7.04. The van der Waals surface area contributed by atoms with Crippen LogP contribution in [0.2, 0.25) is 0 Å². The Hall–Kier alpha value is -1.63. The summed E-state index contributed by atoms with van der Waals surface area (Å²) < 4.78 is 7.18. The number of aromatic nitrogens is 2. The van der Waals surface area contributed by atoms with Crippen LogP contribution >= 0.6 is 12.4 Å². The van der Waals surface area contributed by atoms with Crippen molar-refractivity contribution in [3.05, 3.63) is 36.2 Å². The van der Waals surface area contributed by atoms with Crippen LogP contribution in [0.1, 0.15) is 10.4 Å². The Morgan fingerprint density at radius 2 is 2.35 bits per heavy atom. The van der Waals surface area contributed by atoms with Crippen molar-refractivity contribution in [3.8, 4) is 0 Å². The van der Waals surface area contributed by atoms with Gasteiger partial charge in [-0.2, -0.15) is 5.10 Å². The standard InChI is InChI=1S/C13H16N4O2.ClH/c14-7-10-9-16(5-6-19-10)13(18)11-8-15-17-4-2-1-3-12(11)17;/h1-4,8,10H,5-7,9,14H2;1H. The topological polar surface area (TPSA) is 72.9 Å². The van der Waals surface area contributed by atoms with Gasteiger partial charge in [-0.3, -0.25) is 4.79 Å². The fourth-order valence-corrected chi connectivity index (χ4v) is 2.32. The maximum atomic E-state index is 12.5. The molecule has 3 heterocycles. The molecule has 2 aromatic rings. The van der Waals surface area contributed by atoms with Crippen LogP contribution in [0.25, 0.3) is 5.52 Å². The first-order valence-corrected chi connectivity index (χ1v) is 6.33. The van der Waals surface area contributed by atoms with Gasteiger partial charge in [0.1, 0.15) is 0 Å². The molecule has 1 aliphatic rings. The smallest absolute Gasteiger partial charge is 0.257 e. The first-order valence-electron chi connectivity index (χ1n) is 6.33. The normalized spacial score (nSPS) is 18.9. The number of ether oxygens (including phenoxy) is 1. The molecule has 2 aromatic heterocycles. The first kappa shape index (κ1) is 14.8. The highest BCUT2D eigenvalue weighted by atomic mass is 35.5. The van der Waals surface area contributed by atoms with Gasteiger partial charge in [0.05, 0.1) is 30.0 Å². The number of nitrogens with zero attached hydrogens (tertiary/aromatic N) is 3. The van der Waals surface area contributed by atoms with Crippen molar-refractivity contribution in [2.75, 3.05) is 26.2 Å². The number of hydrogen-bond donors (Lipinski definition) is 1. The monoisotopic (exact) mass is 296 g/mol. The third-order valence-corrected chi connectivity index (χ3v) is 3.35. The lowest BCUT2D eigenvalue weighted by molar-refractivity contribution is -0.0166. The van der Waals surface area contributed by atoms with Crippen LogP contribution in [0.5, 0.6) is 0 Å². The molecule has 0 aromatic carbocycles. The predicted molar refractivity (Wildman–Crippen MR) is 77.1 cm³/mol. The van der Waals surface area contributed by atoms with E-state index < -0.39 is 0 Å². The number of hydrogen-bond acceptors (Lipinski definition) is 4. The van der Waals surface area contributed by atoms with Crippen molar-refractivity contribution in [2.24, 2.45) is 5.73 Å². The molecule has 20 heavy (non-hydrogen) atoms. The molecule has 1 saturated heterocycles. The molecule has 108 valence electrons. The number of halogens is 1. The van der Waals surface area contributed by atoms with Crippen molar-refractivity contribution in [1.82, 2.24) is 14.5 Å². The van der Waals surface area contributed by atoms with Gasteiger partial charge in [0.15, 0.2) is 0 Å². The fraction of sp³-hybridized carbons (Fsp3) is 0.385. The summed E-state index contributed by atoms with van der Waals surface area (Å²) in [6.45, 7) is 2.10. The van der Waals surface area contributed by atoms with E-state index in [4.69, 9.17) is 10.5 Å². The Bertz CT molecular complexity index is 601. The van der Waals surface area contributed by atoms with Crippen LogP contribution in [0.15, 0.2) is 30.6 Å². The number of carbonyl (C=O) groups excluding carboxylic acids is 1. The molecular weight excluding hydrogens is 280 g/mol. The second-order valence-corrected chi connectivity index (χ2v) is 4.57. The van der Waals surface area contributed by atoms with Crippen molar-refractivity contribution in [1.29, 1.82) is 0 Å². The minimum atomic E-state index is -0.0699. The minimum absolute atomic E-state index is 0. The minimum Gasteiger partial charge on any atom is -0.373 e. The number of amides is 1. The van der Waals surface area contributed by atoms with Crippen molar-refractivity contribution in [3.63, 3.8) is 0 Å². The summed E-state index contributed by atoms with van der Waals surface area (Å²) in [4.78, 5) is 14.3. The van der Waals surface area contributed by atoms with Crippen molar-refractivity contribution >= 4 is 23.8 Å². The van der Waals surface area contributed by atoms with E-state index in [2.05, 4.69) is 5.10 Å². The molecule has 1 atom stereocenters. The van der Waals surface area contributed by atoms with E-state index in [1.807, 2.05) is 24.4 Å². The van der Waals surface area contributed by atoms with Gasteiger partial charge in [-0.15, -0.1) is 12.4 Å². The van der Waals surface area contributed by atoms with Gasteiger partial charge in [-0.25, -0.2) is 4.52 Å². The molecule has 3 rings (SSSR count). The van der Waals surface area contributed by atoms with Crippen molar-refractivity contribution < 1.29 is 9.53 Å². The summed E-state index contributed by atoms with van der Waals surface area (Å²) in [5, 5.41) is 4.19. The lowest BCUT2D eigenvalue weighted by Gasteiger charge is -2.32.